The predicted molar refractivity (Wildman–Crippen MR) is 89.7 cm³/mol. The average Bonchev–Trinajstić information content (AvgIpc) is 2.63. The highest BCUT2D eigenvalue weighted by Gasteiger charge is 2.26. The van der Waals surface area contributed by atoms with Crippen molar-refractivity contribution in [3.8, 4) is 0 Å². The number of hydrogen-bond donors (Lipinski definition) is 0. The van der Waals surface area contributed by atoms with E-state index in [4.69, 9.17) is 11.6 Å². The van der Waals surface area contributed by atoms with E-state index in [9.17, 15) is 4.39 Å². The molecule has 1 aliphatic carbocycles. The van der Waals surface area contributed by atoms with Crippen molar-refractivity contribution in [3.63, 3.8) is 0 Å². The second kappa shape index (κ2) is 6.50. The maximum atomic E-state index is 13.2. The highest BCUT2D eigenvalue weighted by Crippen LogP contribution is 2.41. The summed E-state index contributed by atoms with van der Waals surface area (Å²) in [6.45, 7) is 0. The summed E-state index contributed by atoms with van der Waals surface area (Å²) in [5, 5.41) is 0.534. The van der Waals surface area contributed by atoms with Crippen molar-refractivity contribution in [2.24, 2.45) is 5.92 Å². The first kappa shape index (κ1) is 15.1. The molecule has 0 radical (unpaired) electrons. The van der Waals surface area contributed by atoms with E-state index >= 15 is 0 Å². The maximum Gasteiger partial charge on any atom is 0.124 e. The summed E-state index contributed by atoms with van der Waals surface area (Å²) in [5.74, 6) is 0.210. The lowest BCUT2D eigenvalue weighted by atomic mass is 9.90. The minimum atomic E-state index is -0.273. The zero-order chi connectivity index (χ0) is 14.8. The molecule has 0 aliphatic heterocycles. The predicted octanol–water partition coefficient (Wildman–Crippen LogP) is 6.11. The molecule has 2 atom stereocenters. The minimum Gasteiger partial charge on any atom is -0.207 e. The van der Waals surface area contributed by atoms with Crippen molar-refractivity contribution in [3.05, 3.63) is 70.0 Å². The fourth-order valence-corrected chi connectivity index (χ4v) is 4.30. The third-order valence-electron chi connectivity index (χ3n) is 4.28. The molecule has 0 saturated heterocycles. The highest BCUT2D eigenvalue weighted by molar-refractivity contribution is 9.09. The van der Waals surface area contributed by atoms with Crippen molar-refractivity contribution in [1.29, 1.82) is 0 Å². The van der Waals surface area contributed by atoms with Crippen molar-refractivity contribution in [2.45, 2.75) is 30.5 Å². The van der Waals surface area contributed by atoms with Crippen LogP contribution in [0.3, 0.4) is 0 Å². The molecule has 110 valence electrons. The summed E-state index contributed by atoms with van der Waals surface area (Å²) in [7, 11) is 0. The lowest BCUT2D eigenvalue weighted by Crippen LogP contribution is -2.10. The quantitative estimate of drug-likeness (QED) is 0.444. The van der Waals surface area contributed by atoms with Gasteiger partial charge in [-0.05, 0) is 60.4 Å². The zero-order valence-corrected chi connectivity index (χ0v) is 14.0. The molecular formula is C18H17BrClF. The summed E-state index contributed by atoms with van der Waals surface area (Å²) in [5.41, 5.74) is 3.86. The van der Waals surface area contributed by atoms with Gasteiger partial charge in [0.1, 0.15) is 5.82 Å². The molecule has 0 aromatic heterocycles. The first-order valence-corrected chi connectivity index (χ1v) is 8.60. The molecular weight excluding hydrogens is 351 g/mol. The van der Waals surface area contributed by atoms with E-state index in [2.05, 4.69) is 40.2 Å². The minimum absolute atomic E-state index is 0.273. The van der Waals surface area contributed by atoms with Gasteiger partial charge >= 0.3 is 0 Å². The number of alkyl halides is 1. The van der Waals surface area contributed by atoms with Gasteiger partial charge in [0.25, 0.3) is 0 Å². The number of fused-ring (bicyclic) bond motifs is 1. The molecule has 2 unspecified atom stereocenters. The summed E-state index contributed by atoms with van der Waals surface area (Å²) < 4.78 is 13.2. The van der Waals surface area contributed by atoms with Crippen LogP contribution < -0.4 is 0 Å². The third kappa shape index (κ3) is 3.32. The monoisotopic (exact) mass is 366 g/mol. The fraction of sp³-hybridized carbons (Fsp3) is 0.333. The van der Waals surface area contributed by atoms with Gasteiger partial charge in [-0.15, -0.1) is 0 Å². The normalized spacial score (nSPS) is 21.7. The Kier molecular flexibility index (Phi) is 4.66. The maximum absolute atomic E-state index is 13.2. The van der Waals surface area contributed by atoms with E-state index in [1.54, 1.807) is 0 Å². The van der Waals surface area contributed by atoms with Gasteiger partial charge in [0.15, 0.2) is 0 Å². The van der Waals surface area contributed by atoms with Crippen LogP contribution in [0.1, 0.15) is 34.4 Å². The Morgan fingerprint density at radius 1 is 1.19 bits per heavy atom. The molecule has 0 saturated carbocycles. The Labute approximate surface area is 138 Å². The van der Waals surface area contributed by atoms with E-state index in [1.807, 2.05) is 6.07 Å². The standard InChI is InChI=1S/C18H17BrClF/c19-18-14(10-13-8-9-15(21)11-17(13)20)6-3-5-12-4-1-2-7-16(12)18/h1-2,4,7-9,11,14,18H,3,5-6,10H2. The first-order valence-electron chi connectivity index (χ1n) is 7.31. The molecule has 0 amide bonds. The van der Waals surface area contributed by atoms with Crippen molar-refractivity contribution < 1.29 is 4.39 Å². The Morgan fingerprint density at radius 2 is 2.00 bits per heavy atom. The van der Waals surface area contributed by atoms with Gasteiger partial charge in [-0.1, -0.05) is 57.9 Å². The van der Waals surface area contributed by atoms with Crippen LogP contribution in [0.4, 0.5) is 4.39 Å². The molecule has 0 N–H and O–H groups in total. The van der Waals surface area contributed by atoms with E-state index in [-0.39, 0.29) is 5.82 Å². The van der Waals surface area contributed by atoms with Crippen LogP contribution in [0, 0.1) is 11.7 Å². The second-order valence-electron chi connectivity index (χ2n) is 5.69. The Balaban J connectivity index is 1.86. The van der Waals surface area contributed by atoms with E-state index in [0.29, 0.717) is 15.8 Å². The van der Waals surface area contributed by atoms with Crippen LogP contribution in [-0.2, 0) is 12.8 Å². The van der Waals surface area contributed by atoms with E-state index < -0.39 is 0 Å². The first-order chi connectivity index (χ1) is 10.1. The van der Waals surface area contributed by atoms with Crippen LogP contribution in [0.15, 0.2) is 42.5 Å². The number of hydrogen-bond acceptors (Lipinski definition) is 0. The molecule has 0 fully saturated rings. The van der Waals surface area contributed by atoms with Crippen molar-refractivity contribution in [2.75, 3.05) is 0 Å². The molecule has 0 nitrogen and oxygen atoms in total. The molecule has 1 aliphatic rings. The fourth-order valence-electron chi connectivity index (χ4n) is 3.16. The highest BCUT2D eigenvalue weighted by atomic mass is 79.9. The Hall–Kier alpha value is -0.860. The van der Waals surface area contributed by atoms with Gasteiger partial charge in [-0.3, -0.25) is 0 Å². The summed E-state index contributed by atoms with van der Waals surface area (Å²) >= 11 is 10.1. The average molecular weight is 368 g/mol. The summed E-state index contributed by atoms with van der Waals surface area (Å²) in [4.78, 5) is 0.331. The largest absolute Gasteiger partial charge is 0.207 e. The zero-order valence-electron chi connectivity index (χ0n) is 11.7. The van der Waals surface area contributed by atoms with Crippen molar-refractivity contribution in [1.82, 2.24) is 0 Å². The lowest BCUT2D eigenvalue weighted by Gasteiger charge is -2.22. The van der Waals surface area contributed by atoms with Crippen LogP contribution in [0.2, 0.25) is 5.02 Å². The number of aryl methyl sites for hydroxylation is 1. The van der Waals surface area contributed by atoms with Crippen LogP contribution in [-0.4, -0.2) is 0 Å². The molecule has 21 heavy (non-hydrogen) atoms. The Bertz CT molecular complexity index is 641. The topological polar surface area (TPSA) is 0 Å². The van der Waals surface area contributed by atoms with Crippen LogP contribution >= 0.6 is 27.5 Å². The number of halogens is 3. The number of rotatable bonds is 2. The SMILES string of the molecule is Fc1ccc(CC2CCCc3ccccc3C2Br)c(Cl)c1. The van der Waals surface area contributed by atoms with Crippen LogP contribution in [0.5, 0.6) is 0 Å². The lowest BCUT2D eigenvalue weighted by molar-refractivity contribution is 0.474. The van der Waals surface area contributed by atoms with Gasteiger partial charge in [0.05, 0.1) is 0 Å². The third-order valence-corrected chi connectivity index (χ3v) is 5.88. The summed E-state index contributed by atoms with van der Waals surface area (Å²) in [6, 6.07) is 13.3. The van der Waals surface area contributed by atoms with Gasteiger partial charge in [0, 0.05) is 9.85 Å². The van der Waals surface area contributed by atoms with Crippen LogP contribution in [0.25, 0.3) is 0 Å². The molecule has 0 bridgehead atoms. The van der Waals surface area contributed by atoms with Gasteiger partial charge < -0.3 is 0 Å². The number of benzene rings is 2. The Morgan fingerprint density at radius 3 is 2.81 bits per heavy atom. The molecule has 0 spiro atoms. The van der Waals surface area contributed by atoms with Gasteiger partial charge in [0.2, 0.25) is 0 Å². The van der Waals surface area contributed by atoms with Crippen molar-refractivity contribution >= 4 is 27.5 Å². The van der Waals surface area contributed by atoms with Gasteiger partial charge in [-0.25, -0.2) is 4.39 Å². The van der Waals surface area contributed by atoms with E-state index in [1.165, 1.54) is 29.7 Å². The van der Waals surface area contributed by atoms with Gasteiger partial charge in [-0.2, -0.15) is 0 Å². The summed E-state index contributed by atoms with van der Waals surface area (Å²) in [6.07, 6.45) is 4.34. The second-order valence-corrected chi connectivity index (χ2v) is 7.09. The molecule has 2 aromatic carbocycles. The molecule has 0 heterocycles. The van der Waals surface area contributed by atoms with E-state index in [0.717, 1.165) is 24.8 Å². The molecule has 2 aromatic rings. The molecule has 3 heteroatoms. The molecule has 3 rings (SSSR count). The smallest absolute Gasteiger partial charge is 0.124 e.